The Labute approximate surface area is 122 Å². The molecule has 1 aromatic carbocycles. The lowest BCUT2D eigenvalue weighted by Crippen LogP contribution is -2.27. The minimum Gasteiger partial charge on any atom is -0.275 e. The van der Waals surface area contributed by atoms with Gasteiger partial charge in [-0.15, -0.1) is 0 Å². The summed E-state index contributed by atoms with van der Waals surface area (Å²) >= 11 is 5.47. The maximum Gasteiger partial charge on any atom is 0.278 e. The van der Waals surface area contributed by atoms with E-state index in [1.807, 2.05) is 32.0 Å². The van der Waals surface area contributed by atoms with Crippen LogP contribution in [-0.2, 0) is 6.54 Å². The number of nitrogens with zero attached hydrogens (tertiary/aromatic N) is 2. The third-order valence-corrected chi connectivity index (χ3v) is 3.49. The Bertz CT molecular complexity index is 735. The lowest BCUT2D eigenvalue weighted by molar-refractivity contribution is 0.107. The van der Waals surface area contributed by atoms with Crippen LogP contribution in [0.1, 0.15) is 28.4 Å². The van der Waals surface area contributed by atoms with Crippen molar-refractivity contribution in [1.82, 2.24) is 9.78 Å². The lowest BCUT2D eigenvalue weighted by atomic mass is 10.0. The molecule has 1 aromatic heterocycles. The molecule has 1 heterocycles. The van der Waals surface area contributed by atoms with Crippen molar-refractivity contribution in [1.29, 1.82) is 0 Å². The maximum atomic E-state index is 11.9. The average molecular weight is 291 g/mol. The summed E-state index contributed by atoms with van der Waals surface area (Å²) in [6.45, 7) is 6.20. The lowest BCUT2D eigenvalue weighted by Gasteiger charge is -2.09. The van der Waals surface area contributed by atoms with Crippen molar-refractivity contribution in [2.75, 3.05) is 0 Å². The minimum atomic E-state index is -0.760. The van der Waals surface area contributed by atoms with Crippen LogP contribution >= 0.6 is 11.6 Å². The summed E-state index contributed by atoms with van der Waals surface area (Å²) in [6.07, 6.45) is 0. The summed E-state index contributed by atoms with van der Waals surface area (Å²) < 4.78 is 1.25. The van der Waals surface area contributed by atoms with Gasteiger partial charge in [-0.05, 0) is 55.6 Å². The van der Waals surface area contributed by atoms with Crippen LogP contribution in [0.2, 0.25) is 0 Å². The normalized spacial score (nSPS) is 10.6. The molecule has 0 amide bonds. The number of aryl methyl sites for hydroxylation is 3. The Morgan fingerprint density at radius 3 is 2.50 bits per heavy atom. The molecule has 2 aromatic rings. The average Bonchev–Trinajstić information content (AvgIpc) is 2.42. The first-order valence-corrected chi connectivity index (χ1v) is 6.71. The number of halogens is 1. The van der Waals surface area contributed by atoms with E-state index >= 15 is 0 Å². The molecule has 0 saturated carbocycles. The molecule has 0 aliphatic carbocycles. The van der Waals surface area contributed by atoms with Gasteiger partial charge in [0.2, 0.25) is 0 Å². The van der Waals surface area contributed by atoms with E-state index in [1.165, 1.54) is 16.3 Å². The Hall–Kier alpha value is -1.94. The highest BCUT2D eigenvalue weighted by atomic mass is 35.5. The zero-order valence-corrected chi connectivity index (χ0v) is 12.4. The molecule has 0 aliphatic rings. The molecule has 0 radical (unpaired) electrons. The largest absolute Gasteiger partial charge is 0.278 e. The summed E-state index contributed by atoms with van der Waals surface area (Å²) in [4.78, 5) is 23.3. The van der Waals surface area contributed by atoms with Gasteiger partial charge >= 0.3 is 0 Å². The minimum absolute atomic E-state index is 0.0447. The Morgan fingerprint density at radius 1 is 1.25 bits per heavy atom. The summed E-state index contributed by atoms with van der Waals surface area (Å²) in [5, 5.41) is 3.51. The van der Waals surface area contributed by atoms with Crippen LogP contribution in [0.4, 0.5) is 0 Å². The van der Waals surface area contributed by atoms with Crippen LogP contribution < -0.4 is 5.56 Å². The maximum absolute atomic E-state index is 11.9. The molecule has 4 nitrogen and oxygen atoms in total. The molecule has 104 valence electrons. The first-order chi connectivity index (χ1) is 9.43. The van der Waals surface area contributed by atoms with Gasteiger partial charge < -0.3 is 0 Å². The van der Waals surface area contributed by atoms with E-state index in [2.05, 4.69) is 5.10 Å². The van der Waals surface area contributed by atoms with E-state index in [9.17, 15) is 9.59 Å². The van der Waals surface area contributed by atoms with E-state index in [0.717, 1.165) is 11.1 Å². The van der Waals surface area contributed by atoms with Crippen molar-refractivity contribution in [3.63, 3.8) is 0 Å². The predicted molar refractivity (Wildman–Crippen MR) is 79.3 cm³/mol. The highest BCUT2D eigenvalue weighted by Gasteiger charge is 2.14. The standard InChI is InChI=1S/C15H15ClN2O2/c1-4-18-15(20)12(14(16)19)8-13(17-18)11-6-5-9(2)10(3)7-11/h5-8H,4H2,1-3H3. The van der Waals surface area contributed by atoms with Crippen molar-refractivity contribution in [2.45, 2.75) is 27.3 Å². The van der Waals surface area contributed by atoms with Gasteiger partial charge in [0.15, 0.2) is 0 Å². The Kier molecular flexibility index (Phi) is 4.04. The third kappa shape index (κ3) is 2.65. The second-order valence-corrected chi connectivity index (χ2v) is 4.98. The second kappa shape index (κ2) is 5.59. The fraction of sp³-hybridized carbons (Fsp3) is 0.267. The predicted octanol–water partition coefficient (Wildman–Crippen LogP) is 2.93. The fourth-order valence-corrected chi connectivity index (χ4v) is 2.07. The van der Waals surface area contributed by atoms with E-state index in [0.29, 0.717) is 12.2 Å². The Balaban J connectivity index is 2.68. The van der Waals surface area contributed by atoms with Gasteiger partial charge in [0, 0.05) is 12.1 Å². The quantitative estimate of drug-likeness (QED) is 0.817. The monoisotopic (exact) mass is 290 g/mol. The summed E-state index contributed by atoms with van der Waals surface area (Å²) in [6, 6.07) is 7.33. The summed E-state index contributed by atoms with van der Waals surface area (Å²) in [5.41, 5.74) is 3.22. The molecule has 0 fully saturated rings. The van der Waals surface area contributed by atoms with Crippen LogP contribution in [0.25, 0.3) is 11.3 Å². The van der Waals surface area contributed by atoms with Gasteiger partial charge in [0.1, 0.15) is 5.56 Å². The van der Waals surface area contributed by atoms with Crippen molar-refractivity contribution in [2.24, 2.45) is 0 Å². The number of aromatic nitrogens is 2. The third-order valence-electron chi connectivity index (χ3n) is 3.29. The number of rotatable bonds is 3. The van der Waals surface area contributed by atoms with Crippen molar-refractivity contribution in [3.05, 3.63) is 51.3 Å². The molecule has 0 bridgehead atoms. The topological polar surface area (TPSA) is 52.0 Å². The SMILES string of the molecule is CCn1nc(-c2ccc(C)c(C)c2)cc(C(=O)Cl)c1=O. The number of hydrogen-bond acceptors (Lipinski definition) is 3. The summed E-state index contributed by atoms with van der Waals surface area (Å²) in [7, 11) is 0. The molecule has 0 atom stereocenters. The van der Waals surface area contributed by atoms with E-state index < -0.39 is 10.8 Å². The molecule has 0 N–H and O–H groups in total. The number of carbonyl (C=O) groups is 1. The molecule has 20 heavy (non-hydrogen) atoms. The highest BCUT2D eigenvalue weighted by molar-refractivity contribution is 6.67. The van der Waals surface area contributed by atoms with Crippen LogP contribution in [0, 0.1) is 13.8 Å². The van der Waals surface area contributed by atoms with Crippen LogP contribution in [0.3, 0.4) is 0 Å². The van der Waals surface area contributed by atoms with E-state index in [4.69, 9.17) is 11.6 Å². The molecule has 5 heteroatoms. The second-order valence-electron chi connectivity index (χ2n) is 4.64. The smallest absolute Gasteiger partial charge is 0.275 e. The zero-order chi connectivity index (χ0) is 14.9. The van der Waals surface area contributed by atoms with Crippen LogP contribution in [0.5, 0.6) is 0 Å². The van der Waals surface area contributed by atoms with E-state index in [-0.39, 0.29) is 5.56 Å². The van der Waals surface area contributed by atoms with Gasteiger partial charge in [-0.1, -0.05) is 12.1 Å². The van der Waals surface area contributed by atoms with Gasteiger partial charge in [0.25, 0.3) is 10.8 Å². The van der Waals surface area contributed by atoms with E-state index in [1.54, 1.807) is 6.92 Å². The molecular weight excluding hydrogens is 276 g/mol. The molecule has 2 rings (SSSR count). The number of carbonyl (C=O) groups excluding carboxylic acids is 1. The fourth-order valence-electron chi connectivity index (χ4n) is 1.94. The molecule has 0 aliphatic heterocycles. The Morgan fingerprint density at radius 2 is 1.95 bits per heavy atom. The van der Waals surface area contributed by atoms with Crippen LogP contribution in [-0.4, -0.2) is 15.0 Å². The summed E-state index contributed by atoms with van der Waals surface area (Å²) in [5.74, 6) is 0. The number of benzene rings is 1. The van der Waals surface area contributed by atoms with Crippen molar-refractivity contribution >= 4 is 16.8 Å². The first kappa shape index (κ1) is 14.5. The molecule has 0 spiro atoms. The van der Waals surface area contributed by atoms with Gasteiger partial charge in [0.05, 0.1) is 5.69 Å². The molecular formula is C15H15ClN2O2. The molecule has 0 saturated heterocycles. The zero-order valence-electron chi connectivity index (χ0n) is 11.6. The highest BCUT2D eigenvalue weighted by Crippen LogP contribution is 2.20. The first-order valence-electron chi connectivity index (χ1n) is 6.33. The van der Waals surface area contributed by atoms with Gasteiger partial charge in [-0.3, -0.25) is 9.59 Å². The van der Waals surface area contributed by atoms with Crippen LogP contribution in [0.15, 0.2) is 29.1 Å². The van der Waals surface area contributed by atoms with Gasteiger partial charge in [-0.25, -0.2) is 4.68 Å². The van der Waals surface area contributed by atoms with Crippen molar-refractivity contribution in [3.8, 4) is 11.3 Å². The van der Waals surface area contributed by atoms with Gasteiger partial charge in [-0.2, -0.15) is 5.10 Å². The molecule has 0 unspecified atom stereocenters. The number of hydrogen-bond donors (Lipinski definition) is 0. The van der Waals surface area contributed by atoms with Crippen molar-refractivity contribution < 1.29 is 4.79 Å².